The van der Waals surface area contributed by atoms with Gasteiger partial charge >= 0.3 is 5.97 Å². The van der Waals surface area contributed by atoms with Crippen LogP contribution in [0.5, 0.6) is 0 Å². The van der Waals surface area contributed by atoms with Crippen molar-refractivity contribution in [3.63, 3.8) is 0 Å². The number of carbonyl (C=O) groups is 4. The Kier molecular flexibility index (Phi) is 5.23. The average Bonchev–Trinajstić information content (AvgIpc) is 3.17. The minimum Gasteiger partial charge on any atom is -0.465 e. The molecule has 0 radical (unpaired) electrons. The van der Waals surface area contributed by atoms with Crippen LogP contribution >= 0.6 is 23.2 Å². The Bertz CT molecular complexity index is 1380. The zero-order valence-electron chi connectivity index (χ0n) is 19.5. The normalized spacial score (nSPS) is 26.8. The summed E-state index contributed by atoms with van der Waals surface area (Å²) in [7, 11) is 1.28. The highest BCUT2D eigenvalue weighted by molar-refractivity contribution is 6.36. The van der Waals surface area contributed by atoms with E-state index >= 15 is 0 Å². The number of hydrogen-bond donors (Lipinski definition) is 1. The third kappa shape index (κ3) is 3.07. The molecule has 3 amide bonds. The molecule has 186 valence electrons. The van der Waals surface area contributed by atoms with Crippen molar-refractivity contribution in [2.24, 2.45) is 11.8 Å². The van der Waals surface area contributed by atoms with Crippen molar-refractivity contribution in [3.8, 4) is 0 Å². The first kappa shape index (κ1) is 23.7. The number of ether oxygens (including phenoxy) is 1. The molecule has 2 atom stereocenters. The van der Waals surface area contributed by atoms with Crippen molar-refractivity contribution in [1.29, 1.82) is 0 Å². The van der Waals surface area contributed by atoms with E-state index in [0.717, 1.165) is 4.90 Å². The smallest absolute Gasteiger partial charge is 0.337 e. The summed E-state index contributed by atoms with van der Waals surface area (Å²) in [6.45, 7) is -0.490. The predicted octanol–water partition coefficient (Wildman–Crippen LogP) is 4.00. The van der Waals surface area contributed by atoms with Gasteiger partial charge in [-0.1, -0.05) is 48.5 Å². The first-order chi connectivity index (χ1) is 17.7. The molecule has 7 nitrogen and oxygen atoms in total. The van der Waals surface area contributed by atoms with Crippen molar-refractivity contribution >= 4 is 52.6 Å². The van der Waals surface area contributed by atoms with Crippen molar-refractivity contribution in [1.82, 2.24) is 4.90 Å². The number of halogens is 2. The molecule has 3 aromatic rings. The van der Waals surface area contributed by atoms with E-state index in [4.69, 9.17) is 23.2 Å². The Morgan fingerprint density at radius 1 is 0.811 bits per heavy atom. The molecule has 4 aliphatic rings. The molecule has 0 aromatic heterocycles. The number of nitrogens with zero attached hydrogens (tertiary/aromatic N) is 1. The second-order valence-electron chi connectivity index (χ2n) is 9.35. The number of benzene rings is 3. The summed E-state index contributed by atoms with van der Waals surface area (Å²) in [6, 6.07) is 20.8. The number of methoxy groups -OCH3 is 1. The van der Waals surface area contributed by atoms with Crippen LogP contribution in [-0.2, 0) is 28.9 Å². The molecule has 1 fully saturated rings. The number of alkyl halides is 2. The molecule has 9 heteroatoms. The molecule has 1 N–H and O–H groups in total. The summed E-state index contributed by atoms with van der Waals surface area (Å²) < 4.78 is 4.67. The predicted molar refractivity (Wildman–Crippen MR) is 136 cm³/mol. The molecular weight excluding hydrogens is 515 g/mol. The van der Waals surface area contributed by atoms with Crippen LogP contribution < -0.4 is 5.32 Å². The molecule has 1 heterocycles. The molecular formula is C28H20Cl2N2O5. The van der Waals surface area contributed by atoms with Gasteiger partial charge < -0.3 is 10.1 Å². The van der Waals surface area contributed by atoms with Gasteiger partial charge in [0.05, 0.1) is 24.5 Å². The Hall–Kier alpha value is -3.68. The molecule has 1 aliphatic heterocycles. The van der Waals surface area contributed by atoms with Gasteiger partial charge in [0, 0.05) is 5.69 Å². The maximum Gasteiger partial charge on any atom is 0.337 e. The van der Waals surface area contributed by atoms with Crippen LogP contribution in [-0.4, -0.2) is 42.2 Å². The fraction of sp³-hybridized carbons (Fsp3) is 0.214. The average molecular weight is 535 g/mol. The van der Waals surface area contributed by atoms with Gasteiger partial charge in [0.25, 0.3) is 0 Å². The SMILES string of the molecule is COC(=O)c1ccc(NC(=O)CN2C(=O)[C@H]3[C@H](C2=O)C2(Cl)c4ccccc4C3(Cl)c3ccccc32)cc1. The van der Waals surface area contributed by atoms with Crippen molar-refractivity contribution < 1.29 is 23.9 Å². The lowest BCUT2D eigenvalue weighted by Gasteiger charge is -2.54. The van der Waals surface area contributed by atoms with E-state index in [1.54, 1.807) is 0 Å². The summed E-state index contributed by atoms with van der Waals surface area (Å²) in [5, 5.41) is 2.66. The van der Waals surface area contributed by atoms with E-state index in [2.05, 4.69) is 10.1 Å². The number of rotatable bonds is 4. The molecule has 0 unspecified atom stereocenters. The van der Waals surface area contributed by atoms with Crippen LogP contribution in [0.3, 0.4) is 0 Å². The highest BCUT2D eigenvalue weighted by Crippen LogP contribution is 2.69. The van der Waals surface area contributed by atoms with Crippen LogP contribution in [0.15, 0.2) is 72.8 Å². The fourth-order valence-electron chi connectivity index (χ4n) is 6.03. The summed E-state index contributed by atoms with van der Waals surface area (Å²) in [5.74, 6) is -4.06. The maximum absolute atomic E-state index is 13.8. The highest BCUT2D eigenvalue weighted by atomic mass is 35.5. The number of esters is 1. The number of imide groups is 1. The van der Waals surface area contributed by atoms with Gasteiger partial charge in [-0.3, -0.25) is 19.3 Å². The van der Waals surface area contributed by atoms with Crippen LogP contribution in [0, 0.1) is 11.8 Å². The molecule has 0 saturated carbocycles. The van der Waals surface area contributed by atoms with Gasteiger partial charge in [-0.2, -0.15) is 0 Å². The lowest BCUT2D eigenvalue weighted by atomic mass is 9.54. The van der Waals surface area contributed by atoms with Crippen LogP contribution in [0.25, 0.3) is 0 Å². The van der Waals surface area contributed by atoms with Gasteiger partial charge in [-0.05, 0) is 46.5 Å². The Morgan fingerprint density at radius 2 is 1.24 bits per heavy atom. The Balaban J connectivity index is 1.34. The van der Waals surface area contributed by atoms with Crippen molar-refractivity contribution in [3.05, 3.63) is 101 Å². The van der Waals surface area contributed by atoms with Crippen molar-refractivity contribution in [2.45, 2.75) is 9.75 Å². The number of hydrogen-bond acceptors (Lipinski definition) is 5. The number of nitrogens with one attached hydrogen (secondary N) is 1. The number of amides is 3. The number of likely N-dealkylation sites (tertiary alicyclic amines) is 1. The van der Waals surface area contributed by atoms with Crippen molar-refractivity contribution in [2.75, 3.05) is 19.0 Å². The summed E-state index contributed by atoms with van der Waals surface area (Å²) in [4.78, 5) is 50.5. The van der Waals surface area contributed by atoms with Crippen LogP contribution in [0.1, 0.15) is 32.6 Å². The summed E-state index contributed by atoms with van der Waals surface area (Å²) in [6.07, 6.45) is 0. The van der Waals surface area contributed by atoms with Gasteiger partial charge in [-0.25, -0.2) is 4.79 Å². The van der Waals surface area contributed by atoms with E-state index in [0.29, 0.717) is 33.5 Å². The first-order valence-corrected chi connectivity index (χ1v) is 12.4. The largest absolute Gasteiger partial charge is 0.465 e. The minimum atomic E-state index is -1.30. The molecule has 3 aliphatic carbocycles. The maximum atomic E-state index is 13.8. The Morgan fingerprint density at radius 3 is 1.65 bits per heavy atom. The molecule has 0 spiro atoms. The first-order valence-electron chi connectivity index (χ1n) is 11.6. The van der Waals surface area contributed by atoms with Crippen LogP contribution in [0.4, 0.5) is 5.69 Å². The topological polar surface area (TPSA) is 92.8 Å². The summed E-state index contributed by atoms with van der Waals surface area (Å²) in [5.41, 5.74) is 3.52. The lowest BCUT2D eigenvalue weighted by molar-refractivity contribution is -0.142. The second-order valence-corrected chi connectivity index (χ2v) is 10.5. The van der Waals surface area contributed by atoms with E-state index in [9.17, 15) is 19.2 Å². The number of anilines is 1. The molecule has 37 heavy (non-hydrogen) atoms. The minimum absolute atomic E-state index is 0.323. The van der Waals surface area contributed by atoms with Gasteiger partial charge in [-0.15, -0.1) is 23.2 Å². The Labute approximate surface area is 222 Å². The van der Waals surface area contributed by atoms with Gasteiger partial charge in [0.1, 0.15) is 16.3 Å². The molecule has 3 aromatic carbocycles. The molecule has 7 rings (SSSR count). The highest BCUT2D eigenvalue weighted by Gasteiger charge is 2.73. The zero-order valence-corrected chi connectivity index (χ0v) is 21.0. The number of carbonyl (C=O) groups excluding carboxylic acids is 4. The van der Waals surface area contributed by atoms with E-state index < -0.39 is 51.8 Å². The van der Waals surface area contributed by atoms with E-state index in [1.807, 2.05) is 48.5 Å². The third-order valence-corrected chi connectivity index (χ3v) is 8.85. The quantitative estimate of drug-likeness (QED) is 0.310. The van der Waals surface area contributed by atoms with Gasteiger partial charge in [0.15, 0.2) is 0 Å². The van der Waals surface area contributed by atoms with E-state index in [1.165, 1.54) is 31.4 Å². The third-order valence-electron chi connectivity index (χ3n) is 7.57. The molecule has 1 saturated heterocycles. The van der Waals surface area contributed by atoms with Gasteiger partial charge in [0.2, 0.25) is 17.7 Å². The van der Waals surface area contributed by atoms with E-state index in [-0.39, 0.29) is 0 Å². The molecule has 2 bridgehead atoms. The fourth-order valence-corrected chi connectivity index (χ4v) is 7.13. The lowest BCUT2D eigenvalue weighted by Crippen LogP contribution is -2.57. The second kappa shape index (κ2) is 8.16. The zero-order chi connectivity index (χ0) is 26.1. The standard InChI is InChI=1S/C28H20Cl2N2O5/c1-37-26(36)15-10-12-16(13-11-15)31-21(33)14-32-24(34)22-23(25(32)35)28(30)18-7-3-2-6-17(18)27(22,29)19-8-4-5-9-20(19)28/h2-13,22-23H,14H2,1H3,(H,31,33)/t22-,23-,27?,28?/m1/s1. The monoisotopic (exact) mass is 534 g/mol. The summed E-state index contributed by atoms with van der Waals surface area (Å²) >= 11 is 14.7. The van der Waals surface area contributed by atoms with Crippen LogP contribution in [0.2, 0.25) is 0 Å².